The van der Waals surface area contributed by atoms with Crippen LogP contribution in [0, 0.1) is 5.92 Å². The summed E-state index contributed by atoms with van der Waals surface area (Å²) in [6.45, 7) is 1.26. The van der Waals surface area contributed by atoms with Crippen LogP contribution in [-0.2, 0) is 4.79 Å². The maximum Gasteiger partial charge on any atom is 0.253 e. The summed E-state index contributed by atoms with van der Waals surface area (Å²) in [7, 11) is 1.64. The minimum absolute atomic E-state index is 0.0178. The van der Waals surface area contributed by atoms with Crippen molar-refractivity contribution in [3.05, 3.63) is 35.9 Å². The molecule has 0 radical (unpaired) electrons. The van der Waals surface area contributed by atoms with Crippen molar-refractivity contribution in [2.75, 3.05) is 20.1 Å². The molecule has 0 aromatic heterocycles. The molecule has 2 amide bonds. The van der Waals surface area contributed by atoms with Gasteiger partial charge in [0.05, 0.1) is 5.92 Å². The van der Waals surface area contributed by atoms with Gasteiger partial charge >= 0.3 is 0 Å². The smallest absolute Gasteiger partial charge is 0.253 e. The second-order valence-corrected chi connectivity index (χ2v) is 4.57. The van der Waals surface area contributed by atoms with Gasteiger partial charge in [0.2, 0.25) is 5.91 Å². The highest BCUT2D eigenvalue weighted by Gasteiger charge is 2.28. The zero-order chi connectivity index (χ0) is 13.0. The normalized spacial score (nSPS) is 19.4. The molecule has 1 aliphatic heterocycles. The highest BCUT2D eigenvalue weighted by atomic mass is 16.2. The number of carbonyl (C=O) groups is 2. The van der Waals surface area contributed by atoms with Gasteiger partial charge in [-0.25, -0.2) is 0 Å². The van der Waals surface area contributed by atoms with E-state index in [1.54, 1.807) is 11.9 Å². The first kappa shape index (κ1) is 12.6. The molecule has 2 rings (SSSR count). The van der Waals surface area contributed by atoms with Gasteiger partial charge in [-0.3, -0.25) is 9.59 Å². The fourth-order valence-corrected chi connectivity index (χ4v) is 2.34. The Morgan fingerprint density at radius 1 is 1.28 bits per heavy atom. The Balaban J connectivity index is 2.05. The summed E-state index contributed by atoms with van der Waals surface area (Å²) in [6.07, 6.45) is 1.74. The van der Waals surface area contributed by atoms with Crippen molar-refractivity contribution in [3.63, 3.8) is 0 Å². The third-order valence-electron chi connectivity index (χ3n) is 3.35. The number of carbonyl (C=O) groups excluding carboxylic acids is 2. The molecule has 1 heterocycles. The lowest BCUT2D eigenvalue weighted by Gasteiger charge is -2.31. The van der Waals surface area contributed by atoms with Gasteiger partial charge in [-0.05, 0) is 25.0 Å². The highest BCUT2D eigenvalue weighted by Crippen LogP contribution is 2.18. The number of amides is 2. The van der Waals surface area contributed by atoms with Crippen LogP contribution in [0.4, 0.5) is 0 Å². The van der Waals surface area contributed by atoms with Crippen LogP contribution in [0.3, 0.4) is 0 Å². The number of nitrogens with one attached hydrogen (secondary N) is 1. The standard InChI is InChI=1S/C14H18N2O2/c1-15-13(17)12-8-5-9-16(10-12)14(18)11-6-3-2-4-7-11/h2-4,6-7,12H,5,8-10H2,1H3,(H,15,17). The molecule has 1 unspecified atom stereocenters. The van der Waals surface area contributed by atoms with Crippen LogP contribution in [0.5, 0.6) is 0 Å². The summed E-state index contributed by atoms with van der Waals surface area (Å²) >= 11 is 0. The molecule has 0 aliphatic carbocycles. The number of likely N-dealkylation sites (tertiary alicyclic amines) is 1. The number of rotatable bonds is 2. The van der Waals surface area contributed by atoms with Crippen molar-refractivity contribution in [2.45, 2.75) is 12.8 Å². The van der Waals surface area contributed by atoms with E-state index in [1.165, 1.54) is 0 Å². The average molecular weight is 246 g/mol. The molecule has 4 heteroatoms. The van der Waals surface area contributed by atoms with Gasteiger partial charge in [-0.1, -0.05) is 18.2 Å². The van der Waals surface area contributed by atoms with Crippen LogP contribution >= 0.6 is 0 Å². The fourth-order valence-electron chi connectivity index (χ4n) is 2.34. The zero-order valence-electron chi connectivity index (χ0n) is 10.6. The number of nitrogens with zero attached hydrogens (tertiary/aromatic N) is 1. The summed E-state index contributed by atoms with van der Waals surface area (Å²) in [5, 5.41) is 2.66. The van der Waals surface area contributed by atoms with E-state index in [0.717, 1.165) is 19.4 Å². The van der Waals surface area contributed by atoms with Gasteiger partial charge < -0.3 is 10.2 Å². The van der Waals surface area contributed by atoms with Crippen molar-refractivity contribution in [2.24, 2.45) is 5.92 Å². The van der Waals surface area contributed by atoms with Crippen molar-refractivity contribution in [3.8, 4) is 0 Å². The number of hydrogen-bond donors (Lipinski definition) is 1. The SMILES string of the molecule is CNC(=O)C1CCCN(C(=O)c2ccccc2)C1. The Hall–Kier alpha value is -1.84. The fraction of sp³-hybridized carbons (Fsp3) is 0.429. The van der Waals surface area contributed by atoms with Gasteiger partial charge in [0.25, 0.3) is 5.91 Å². The van der Waals surface area contributed by atoms with Gasteiger partial charge in [0, 0.05) is 25.7 Å². The quantitative estimate of drug-likeness (QED) is 0.854. The first-order chi connectivity index (χ1) is 8.72. The van der Waals surface area contributed by atoms with E-state index >= 15 is 0 Å². The van der Waals surface area contributed by atoms with E-state index in [2.05, 4.69) is 5.32 Å². The lowest BCUT2D eigenvalue weighted by atomic mass is 9.96. The van der Waals surface area contributed by atoms with Crippen LogP contribution in [0.2, 0.25) is 0 Å². The van der Waals surface area contributed by atoms with Crippen molar-refractivity contribution >= 4 is 11.8 Å². The second-order valence-electron chi connectivity index (χ2n) is 4.57. The predicted octanol–water partition coefficient (Wildman–Crippen LogP) is 1.28. The largest absolute Gasteiger partial charge is 0.359 e. The average Bonchev–Trinajstić information content (AvgIpc) is 2.46. The van der Waals surface area contributed by atoms with Gasteiger partial charge in [0.1, 0.15) is 0 Å². The highest BCUT2D eigenvalue weighted by molar-refractivity contribution is 5.94. The summed E-state index contributed by atoms with van der Waals surface area (Å²) in [5.41, 5.74) is 0.690. The monoisotopic (exact) mass is 246 g/mol. The first-order valence-corrected chi connectivity index (χ1v) is 6.28. The Morgan fingerprint density at radius 3 is 2.67 bits per heavy atom. The van der Waals surface area contributed by atoms with Crippen LogP contribution < -0.4 is 5.32 Å². The molecule has 1 aliphatic rings. The Kier molecular flexibility index (Phi) is 3.97. The van der Waals surface area contributed by atoms with E-state index < -0.39 is 0 Å². The molecule has 0 saturated carbocycles. The molecule has 1 saturated heterocycles. The molecule has 4 nitrogen and oxygen atoms in total. The van der Waals surface area contributed by atoms with Gasteiger partial charge in [-0.2, -0.15) is 0 Å². The third kappa shape index (κ3) is 2.70. The van der Waals surface area contributed by atoms with E-state index in [9.17, 15) is 9.59 Å². The van der Waals surface area contributed by atoms with Crippen LogP contribution in [-0.4, -0.2) is 36.9 Å². The molecule has 1 aromatic carbocycles. The maximum absolute atomic E-state index is 12.3. The molecule has 18 heavy (non-hydrogen) atoms. The van der Waals surface area contributed by atoms with E-state index in [-0.39, 0.29) is 17.7 Å². The van der Waals surface area contributed by atoms with Crippen LogP contribution in [0.15, 0.2) is 30.3 Å². The summed E-state index contributed by atoms with van der Waals surface area (Å²) in [4.78, 5) is 25.6. The molecule has 96 valence electrons. The summed E-state index contributed by atoms with van der Waals surface area (Å²) in [5.74, 6) is -0.0267. The second kappa shape index (κ2) is 5.67. The molecule has 1 N–H and O–H groups in total. The Labute approximate surface area is 107 Å². The topological polar surface area (TPSA) is 49.4 Å². The third-order valence-corrected chi connectivity index (χ3v) is 3.35. The van der Waals surface area contributed by atoms with Crippen LogP contribution in [0.1, 0.15) is 23.2 Å². The number of benzene rings is 1. The van der Waals surface area contributed by atoms with Gasteiger partial charge in [-0.15, -0.1) is 0 Å². The van der Waals surface area contributed by atoms with Crippen molar-refractivity contribution < 1.29 is 9.59 Å². The van der Waals surface area contributed by atoms with Gasteiger partial charge in [0.15, 0.2) is 0 Å². The summed E-state index contributed by atoms with van der Waals surface area (Å²) < 4.78 is 0. The van der Waals surface area contributed by atoms with E-state index in [0.29, 0.717) is 12.1 Å². The first-order valence-electron chi connectivity index (χ1n) is 6.28. The Morgan fingerprint density at radius 2 is 2.00 bits per heavy atom. The number of piperidine rings is 1. The minimum atomic E-state index is -0.0728. The predicted molar refractivity (Wildman–Crippen MR) is 69.1 cm³/mol. The van der Waals surface area contributed by atoms with Crippen LogP contribution in [0.25, 0.3) is 0 Å². The molecule has 1 aromatic rings. The Bertz CT molecular complexity index is 431. The molecule has 0 spiro atoms. The molecular weight excluding hydrogens is 228 g/mol. The molecule has 0 bridgehead atoms. The maximum atomic E-state index is 12.3. The lowest BCUT2D eigenvalue weighted by Crippen LogP contribution is -2.44. The van der Waals surface area contributed by atoms with E-state index in [4.69, 9.17) is 0 Å². The minimum Gasteiger partial charge on any atom is -0.359 e. The van der Waals surface area contributed by atoms with Crippen molar-refractivity contribution in [1.29, 1.82) is 0 Å². The lowest BCUT2D eigenvalue weighted by molar-refractivity contribution is -0.125. The number of hydrogen-bond acceptors (Lipinski definition) is 2. The molecule has 1 atom stereocenters. The molecule has 1 fully saturated rings. The summed E-state index contributed by atoms with van der Waals surface area (Å²) in [6, 6.07) is 9.22. The van der Waals surface area contributed by atoms with E-state index in [1.807, 2.05) is 30.3 Å². The zero-order valence-corrected chi connectivity index (χ0v) is 10.6. The molecular formula is C14H18N2O2. The van der Waals surface area contributed by atoms with Crippen molar-refractivity contribution in [1.82, 2.24) is 10.2 Å².